The van der Waals surface area contributed by atoms with Gasteiger partial charge in [-0.1, -0.05) is 24.3 Å². The second-order valence-corrected chi connectivity index (χ2v) is 11.9. The largest absolute Gasteiger partial charge is 0.573 e. The van der Waals surface area contributed by atoms with Gasteiger partial charge in [0.2, 0.25) is 5.91 Å². The van der Waals surface area contributed by atoms with Crippen molar-refractivity contribution in [3.8, 4) is 16.9 Å². The van der Waals surface area contributed by atoms with Gasteiger partial charge in [-0.2, -0.15) is 4.99 Å². The molecule has 2 aliphatic rings. The number of halogens is 3. The third-order valence-electron chi connectivity index (χ3n) is 8.72. The molecule has 0 spiro atoms. The number of nitrogens with zero attached hydrogens (tertiary/aromatic N) is 4. The highest BCUT2D eigenvalue weighted by Gasteiger charge is 2.34. The molecule has 2 N–H and O–H groups in total. The molecule has 0 bridgehead atoms. The predicted octanol–water partition coefficient (Wildman–Crippen LogP) is 6.71. The number of aryl methyl sites for hydroxylation is 2. The van der Waals surface area contributed by atoms with Gasteiger partial charge in [0.15, 0.2) is 0 Å². The van der Waals surface area contributed by atoms with Crippen molar-refractivity contribution < 1.29 is 27.5 Å². The standard InChI is InChI=1S/C34H38F3N5O3/c1-20-17-30(42(23(4)43)26-10-8-11-26)39-22(3)31(20)24-9-7-12-27(19-24)41-16-15-25(18-21(41)2)33(44)40-32(38)28-13-5-6-14-29(28)45-34(35,36)37/h5-7,9,12-14,17,19,21,25-26H,8,10-11,15-16,18H2,1-4H3,(H2,38,40,44). The number of piperidine rings is 1. The fraction of sp³-hybridized carbons (Fsp3) is 0.412. The molecule has 5 rings (SSSR count). The molecule has 2 amide bonds. The van der Waals surface area contributed by atoms with Gasteiger partial charge in [-0.3, -0.25) is 14.5 Å². The van der Waals surface area contributed by atoms with Crippen LogP contribution in [0.4, 0.5) is 24.7 Å². The minimum atomic E-state index is -4.90. The van der Waals surface area contributed by atoms with Crippen LogP contribution in [0.5, 0.6) is 5.75 Å². The number of hydrogen-bond acceptors (Lipinski definition) is 5. The van der Waals surface area contributed by atoms with Crippen LogP contribution in [-0.2, 0) is 9.59 Å². The van der Waals surface area contributed by atoms with Gasteiger partial charge in [-0.05, 0) is 94.3 Å². The minimum Gasteiger partial charge on any atom is -0.405 e. The topological polar surface area (TPSA) is 101 Å². The van der Waals surface area contributed by atoms with E-state index in [1.165, 1.54) is 18.2 Å². The summed E-state index contributed by atoms with van der Waals surface area (Å²) in [4.78, 5) is 38.4. The summed E-state index contributed by atoms with van der Waals surface area (Å²) in [6.07, 6.45) is -0.762. The predicted molar refractivity (Wildman–Crippen MR) is 168 cm³/mol. The lowest BCUT2D eigenvalue weighted by Gasteiger charge is -2.38. The van der Waals surface area contributed by atoms with E-state index in [2.05, 4.69) is 20.7 Å². The van der Waals surface area contributed by atoms with E-state index >= 15 is 0 Å². The quantitative estimate of drug-likeness (QED) is 0.233. The number of para-hydroxylation sites is 1. The highest BCUT2D eigenvalue weighted by atomic mass is 19.4. The number of pyridine rings is 1. The number of anilines is 2. The first kappa shape index (κ1) is 32.0. The molecule has 238 valence electrons. The van der Waals surface area contributed by atoms with Gasteiger partial charge in [-0.15, -0.1) is 13.2 Å². The van der Waals surface area contributed by atoms with Gasteiger partial charge < -0.3 is 15.4 Å². The van der Waals surface area contributed by atoms with Gasteiger partial charge in [0.25, 0.3) is 5.91 Å². The minimum absolute atomic E-state index is 0.00489. The molecule has 2 heterocycles. The van der Waals surface area contributed by atoms with E-state index in [1.807, 2.05) is 49.9 Å². The fourth-order valence-corrected chi connectivity index (χ4v) is 6.40. The Morgan fingerprint density at radius 3 is 2.42 bits per heavy atom. The van der Waals surface area contributed by atoms with Gasteiger partial charge in [0, 0.05) is 48.4 Å². The molecule has 1 aromatic heterocycles. The lowest BCUT2D eigenvalue weighted by molar-refractivity contribution is -0.274. The molecule has 8 nitrogen and oxygen atoms in total. The van der Waals surface area contributed by atoms with E-state index < -0.39 is 23.9 Å². The zero-order valence-electron chi connectivity index (χ0n) is 25.9. The Morgan fingerprint density at radius 2 is 1.80 bits per heavy atom. The highest BCUT2D eigenvalue weighted by molar-refractivity contribution is 6.06. The van der Waals surface area contributed by atoms with Crippen molar-refractivity contribution in [3.05, 3.63) is 71.4 Å². The van der Waals surface area contributed by atoms with E-state index in [0.29, 0.717) is 25.2 Å². The van der Waals surface area contributed by atoms with E-state index in [4.69, 9.17) is 10.7 Å². The normalized spacial score (nSPS) is 19.2. The first-order valence-electron chi connectivity index (χ1n) is 15.2. The summed E-state index contributed by atoms with van der Waals surface area (Å²) in [5, 5.41) is 0. The van der Waals surface area contributed by atoms with Crippen molar-refractivity contribution in [2.45, 2.75) is 78.2 Å². The van der Waals surface area contributed by atoms with Gasteiger partial charge in [0.05, 0.1) is 5.56 Å². The van der Waals surface area contributed by atoms with Crippen molar-refractivity contribution >= 4 is 29.2 Å². The Balaban J connectivity index is 1.31. The van der Waals surface area contributed by atoms with Crippen molar-refractivity contribution in [1.29, 1.82) is 0 Å². The fourth-order valence-electron chi connectivity index (χ4n) is 6.40. The summed E-state index contributed by atoms with van der Waals surface area (Å²) >= 11 is 0. The molecular weight excluding hydrogens is 583 g/mol. The molecule has 2 unspecified atom stereocenters. The summed E-state index contributed by atoms with van der Waals surface area (Å²) < 4.78 is 42.6. The molecular formula is C34H38F3N5O3. The lowest BCUT2D eigenvalue weighted by atomic mass is 9.90. The Labute approximate surface area is 261 Å². The molecule has 3 aromatic rings. The van der Waals surface area contributed by atoms with Crippen molar-refractivity contribution in [1.82, 2.24) is 4.98 Å². The van der Waals surface area contributed by atoms with Crippen molar-refractivity contribution in [2.75, 3.05) is 16.3 Å². The number of aliphatic imine (C=N–C) groups is 1. The van der Waals surface area contributed by atoms with Crippen LogP contribution in [0.3, 0.4) is 0 Å². The zero-order valence-corrected chi connectivity index (χ0v) is 25.9. The number of carbonyl (C=O) groups excluding carboxylic acids is 2. The molecule has 2 aromatic carbocycles. The third-order valence-corrected chi connectivity index (χ3v) is 8.72. The average molecular weight is 622 g/mol. The van der Waals surface area contributed by atoms with Crippen LogP contribution in [0.25, 0.3) is 11.1 Å². The van der Waals surface area contributed by atoms with Crippen LogP contribution >= 0.6 is 0 Å². The third kappa shape index (κ3) is 7.13. The van der Waals surface area contributed by atoms with Crippen LogP contribution in [-0.4, -0.2) is 47.6 Å². The summed E-state index contributed by atoms with van der Waals surface area (Å²) in [6, 6.07) is 15.8. The molecule has 1 saturated carbocycles. The molecule has 2 atom stereocenters. The van der Waals surface area contributed by atoms with Gasteiger partial charge in [0.1, 0.15) is 17.4 Å². The molecule has 1 aliphatic heterocycles. The SMILES string of the molecule is CC(=O)N(c1cc(C)c(-c2cccc(N3CCC(C(=O)N=C(N)c4ccccc4OC(F)(F)F)CC3C)c2)c(C)n1)C1CCC1. The Bertz CT molecular complexity index is 1600. The summed E-state index contributed by atoms with van der Waals surface area (Å²) in [6.45, 7) is 8.23. The van der Waals surface area contributed by atoms with Crippen LogP contribution in [0.2, 0.25) is 0 Å². The number of aromatic nitrogens is 1. The van der Waals surface area contributed by atoms with Crippen LogP contribution in [0.1, 0.15) is 62.8 Å². The molecule has 2 fully saturated rings. The number of carbonyl (C=O) groups is 2. The zero-order chi connectivity index (χ0) is 32.5. The Morgan fingerprint density at radius 1 is 1.07 bits per heavy atom. The lowest BCUT2D eigenvalue weighted by Crippen LogP contribution is -2.43. The molecule has 1 saturated heterocycles. The van der Waals surface area contributed by atoms with Crippen LogP contribution in [0.15, 0.2) is 59.6 Å². The van der Waals surface area contributed by atoms with E-state index in [9.17, 15) is 22.8 Å². The first-order valence-corrected chi connectivity index (χ1v) is 15.2. The number of amides is 2. The Kier molecular flexibility index (Phi) is 9.18. The number of hydrogen-bond donors (Lipinski definition) is 1. The van der Waals surface area contributed by atoms with E-state index in [-0.39, 0.29) is 29.4 Å². The summed E-state index contributed by atoms with van der Waals surface area (Å²) in [5.74, 6) is -1.00. The number of benzene rings is 2. The highest BCUT2D eigenvalue weighted by Crippen LogP contribution is 2.36. The number of alkyl halides is 3. The maximum absolute atomic E-state index is 13.1. The first-order chi connectivity index (χ1) is 21.3. The summed E-state index contributed by atoms with van der Waals surface area (Å²) in [5.41, 5.74) is 10.8. The smallest absolute Gasteiger partial charge is 0.405 e. The van der Waals surface area contributed by atoms with Crippen LogP contribution < -0.4 is 20.3 Å². The summed E-state index contributed by atoms with van der Waals surface area (Å²) in [7, 11) is 0. The average Bonchev–Trinajstić information content (AvgIpc) is 2.93. The van der Waals surface area contributed by atoms with Crippen molar-refractivity contribution in [3.63, 3.8) is 0 Å². The Hall–Kier alpha value is -4.41. The van der Waals surface area contributed by atoms with Crippen molar-refractivity contribution in [2.24, 2.45) is 16.6 Å². The molecule has 0 radical (unpaired) electrons. The maximum Gasteiger partial charge on any atom is 0.573 e. The number of amidine groups is 1. The molecule has 45 heavy (non-hydrogen) atoms. The molecule has 11 heteroatoms. The van der Waals surface area contributed by atoms with Gasteiger partial charge in [-0.25, -0.2) is 4.98 Å². The number of ether oxygens (including phenoxy) is 1. The second kappa shape index (κ2) is 12.9. The second-order valence-electron chi connectivity index (χ2n) is 11.9. The van der Waals surface area contributed by atoms with Gasteiger partial charge >= 0.3 is 6.36 Å². The monoisotopic (exact) mass is 621 g/mol. The number of rotatable bonds is 7. The van der Waals surface area contributed by atoms with E-state index in [1.54, 1.807) is 6.92 Å². The van der Waals surface area contributed by atoms with Crippen LogP contribution in [0, 0.1) is 19.8 Å². The van der Waals surface area contributed by atoms with E-state index in [0.717, 1.165) is 53.4 Å². The molecule has 1 aliphatic carbocycles. The number of nitrogens with two attached hydrogens (primary N) is 1. The maximum atomic E-state index is 13.1.